The number of benzene rings is 3. The molecular weight excluding hydrogens is 524 g/mol. The summed E-state index contributed by atoms with van der Waals surface area (Å²) in [5.41, 5.74) is 5.32. The van der Waals surface area contributed by atoms with Gasteiger partial charge in [0.1, 0.15) is 0 Å². The van der Waals surface area contributed by atoms with Crippen LogP contribution < -0.4 is 0 Å². The zero-order valence-electron chi connectivity index (χ0n) is 25.0. The third-order valence-electron chi connectivity index (χ3n) is 7.34. The molecule has 2 aromatic heterocycles. The van der Waals surface area contributed by atoms with Crippen LogP contribution in [-0.4, -0.2) is 35.1 Å². The van der Waals surface area contributed by atoms with Crippen molar-refractivity contribution in [2.75, 3.05) is 13.2 Å². The second kappa shape index (κ2) is 12.1. The Bertz CT molecular complexity index is 1760. The number of carbonyl (C=O) groups is 2. The van der Waals surface area contributed by atoms with E-state index in [1.807, 2.05) is 70.2 Å². The van der Waals surface area contributed by atoms with Gasteiger partial charge in [-0.1, -0.05) is 88.4 Å². The number of esters is 2. The van der Waals surface area contributed by atoms with E-state index in [1.165, 1.54) is 0 Å². The number of carbonyl (C=O) groups excluding carboxylic acids is 2. The lowest BCUT2D eigenvalue weighted by molar-refractivity contribution is 0.0523. The summed E-state index contributed by atoms with van der Waals surface area (Å²) in [7, 11) is 0. The summed E-state index contributed by atoms with van der Waals surface area (Å²) < 4.78 is 11.1. The SMILES string of the molecule is CCOC(=O)c1c(C(C)C)nc(C(C)C)c(C(=O)OCC)c1-c1ccc2cccc(-c3ccc4ccccc4c3)c2n1. The molecule has 0 aliphatic rings. The number of hydrogen-bond donors (Lipinski definition) is 0. The Morgan fingerprint density at radius 1 is 0.667 bits per heavy atom. The molecule has 42 heavy (non-hydrogen) atoms. The molecule has 0 N–H and O–H groups in total. The van der Waals surface area contributed by atoms with Crippen LogP contribution >= 0.6 is 0 Å². The van der Waals surface area contributed by atoms with Crippen LogP contribution in [0.25, 0.3) is 44.1 Å². The zero-order valence-corrected chi connectivity index (χ0v) is 25.0. The molecule has 0 radical (unpaired) electrons. The average molecular weight is 561 g/mol. The first-order valence-corrected chi connectivity index (χ1v) is 14.6. The molecular formula is C36H36N2O4. The first-order valence-electron chi connectivity index (χ1n) is 14.6. The largest absolute Gasteiger partial charge is 0.462 e. The summed E-state index contributed by atoms with van der Waals surface area (Å²) in [6, 6.07) is 24.5. The molecule has 0 atom stereocenters. The fourth-order valence-electron chi connectivity index (χ4n) is 5.41. The number of ether oxygens (including phenoxy) is 2. The van der Waals surface area contributed by atoms with E-state index >= 15 is 0 Å². The molecule has 0 aliphatic heterocycles. The maximum atomic E-state index is 13.6. The van der Waals surface area contributed by atoms with Crippen molar-refractivity contribution < 1.29 is 19.1 Å². The van der Waals surface area contributed by atoms with Crippen LogP contribution in [0.1, 0.15) is 85.5 Å². The van der Waals surface area contributed by atoms with Crippen molar-refractivity contribution >= 4 is 33.6 Å². The van der Waals surface area contributed by atoms with Crippen molar-refractivity contribution in [2.24, 2.45) is 0 Å². The normalized spacial score (nSPS) is 11.4. The molecule has 0 saturated carbocycles. The molecule has 0 fully saturated rings. The zero-order chi connectivity index (χ0) is 30.0. The van der Waals surface area contributed by atoms with Crippen molar-refractivity contribution in [3.05, 3.63) is 95.3 Å². The first-order chi connectivity index (χ1) is 20.2. The van der Waals surface area contributed by atoms with Crippen molar-refractivity contribution in [1.29, 1.82) is 0 Å². The van der Waals surface area contributed by atoms with Gasteiger partial charge in [-0.2, -0.15) is 0 Å². The van der Waals surface area contributed by atoms with E-state index in [2.05, 4.69) is 30.3 Å². The van der Waals surface area contributed by atoms with Gasteiger partial charge in [0.15, 0.2) is 0 Å². The third kappa shape index (κ3) is 5.37. The molecule has 214 valence electrons. The number of hydrogen-bond acceptors (Lipinski definition) is 6. The fourth-order valence-corrected chi connectivity index (χ4v) is 5.41. The van der Waals surface area contributed by atoms with E-state index < -0.39 is 11.9 Å². The monoisotopic (exact) mass is 560 g/mol. The van der Waals surface area contributed by atoms with Crippen molar-refractivity contribution in [3.8, 4) is 22.4 Å². The topological polar surface area (TPSA) is 78.4 Å². The highest BCUT2D eigenvalue weighted by Gasteiger charge is 2.33. The lowest BCUT2D eigenvalue weighted by Gasteiger charge is -2.23. The van der Waals surface area contributed by atoms with Gasteiger partial charge >= 0.3 is 11.9 Å². The van der Waals surface area contributed by atoms with E-state index in [1.54, 1.807) is 13.8 Å². The minimum atomic E-state index is -0.533. The minimum Gasteiger partial charge on any atom is -0.462 e. The maximum Gasteiger partial charge on any atom is 0.340 e. The number of pyridine rings is 2. The summed E-state index contributed by atoms with van der Waals surface area (Å²) >= 11 is 0. The molecule has 6 nitrogen and oxygen atoms in total. The Labute approximate surface area is 246 Å². The minimum absolute atomic E-state index is 0.106. The molecule has 3 aromatic carbocycles. The Morgan fingerprint density at radius 2 is 1.24 bits per heavy atom. The van der Waals surface area contributed by atoms with Crippen LogP contribution in [0.15, 0.2) is 72.8 Å². The number of fused-ring (bicyclic) bond motifs is 2. The van der Waals surface area contributed by atoms with Crippen LogP contribution in [-0.2, 0) is 9.47 Å². The summed E-state index contributed by atoms with van der Waals surface area (Å²) in [4.78, 5) is 37.3. The van der Waals surface area contributed by atoms with E-state index in [9.17, 15) is 9.59 Å². The van der Waals surface area contributed by atoms with Crippen LogP contribution in [0.2, 0.25) is 0 Å². The van der Waals surface area contributed by atoms with Gasteiger partial charge < -0.3 is 9.47 Å². The molecule has 0 unspecified atom stereocenters. The number of para-hydroxylation sites is 1. The Kier molecular flexibility index (Phi) is 8.34. The molecule has 6 heteroatoms. The van der Waals surface area contributed by atoms with E-state index in [-0.39, 0.29) is 36.2 Å². The van der Waals surface area contributed by atoms with Gasteiger partial charge in [0.2, 0.25) is 0 Å². The lowest BCUT2D eigenvalue weighted by Crippen LogP contribution is -2.21. The average Bonchev–Trinajstić information content (AvgIpc) is 2.99. The first kappa shape index (κ1) is 28.9. The molecule has 2 heterocycles. The Morgan fingerprint density at radius 3 is 1.83 bits per heavy atom. The van der Waals surface area contributed by atoms with Gasteiger partial charge in [0.25, 0.3) is 0 Å². The number of nitrogens with zero attached hydrogens (tertiary/aromatic N) is 2. The molecule has 0 bridgehead atoms. The molecule has 0 amide bonds. The maximum absolute atomic E-state index is 13.6. The standard InChI is InChI=1S/C36H36N2O4/c1-7-41-35(39)30-29(31(36(40)42-8-2)33(22(5)6)38-32(30)21(3)4)28-19-18-24-14-11-15-27(34(24)37-28)26-17-16-23-12-9-10-13-25(23)20-26/h9-22H,7-8H2,1-6H3. The molecule has 0 spiro atoms. The summed E-state index contributed by atoms with van der Waals surface area (Å²) in [6.45, 7) is 11.8. The van der Waals surface area contributed by atoms with Gasteiger partial charge in [-0.25, -0.2) is 14.6 Å². The highest BCUT2D eigenvalue weighted by atomic mass is 16.5. The van der Waals surface area contributed by atoms with Crippen LogP contribution in [0.3, 0.4) is 0 Å². The van der Waals surface area contributed by atoms with E-state index in [0.717, 1.165) is 32.8 Å². The summed E-state index contributed by atoms with van der Waals surface area (Å²) in [6.07, 6.45) is 0. The number of rotatable bonds is 8. The molecule has 0 aliphatic carbocycles. The van der Waals surface area contributed by atoms with Crippen LogP contribution in [0.4, 0.5) is 0 Å². The van der Waals surface area contributed by atoms with E-state index in [4.69, 9.17) is 19.4 Å². The number of aromatic nitrogens is 2. The molecule has 0 saturated heterocycles. The van der Waals surface area contributed by atoms with Gasteiger partial charge in [-0.05, 0) is 54.2 Å². The van der Waals surface area contributed by atoms with Gasteiger partial charge in [-0.15, -0.1) is 0 Å². The predicted molar refractivity (Wildman–Crippen MR) is 168 cm³/mol. The third-order valence-corrected chi connectivity index (χ3v) is 7.34. The quantitative estimate of drug-likeness (QED) is 0.177. The van der Waals surface area contributed by atoms with Gasteiger partial charge in [0.05, 0.1) is 46.9 Å². The highest BCUT2D eigenvalue weighted by Crippen LogP contribution is 2.38. The predicted octanol–water partition coefficient (Wildman–Crippen LogP) is 8.72. The van der Waals surface area contributed by atoms with Crippen molar-refractivity contribution in [2.45, 2.75) is 53.4 Å². The molecule has 5 rings (SSSR count). The Balaban J connectivity index is 1.86. The lowest BCUT2D eigenvalue weighted by atomic mass is 9.88. The second-order valence-electron chi connectivity index (χ2n) is 10.9. The highest BCUT2D eigenvalue weighted by molar-refractivity contribution is 6.08. The summed E-state index contributed by atoms with van der Waals surface area (Å²) in [5.74, 6) is -1.28. The van der Waals surface area contributed by atoms with Crippen LogP contribution in [0, 0.1) is 0 Å². The van der Waals surface area contributed by atoms with Crippen molar-refractivity contribution in [3.63, 3.8) is 0 Å². The Hall–Kier alpha value is -4.58. The fraction of sp³-hybridized carbons (Fsp3) is 0.278. The second-order valence-corrected chi connectivity index (χ2v) is 10.9. The van der Waals surface area contributed by atoms with Gasteiger partial charge in [-0.3, -0.25) is 4.98 Å². The molecule has 5 aromatic rings. The van der Waals surface area contributed by atoms with E-state index in [0.29, 0.717) is 22.6 Å². The van der Waals surface area contributed by atoms with Gasteiger partial charge in [0, 0.05) is 16.5 Å². The van der Waals surface area contributed by atoms with Crippen LogP contribution in [0.5, 0.6) is 0 Å². The summed E-state index contributed by atoms with van der Waals surface area (Å²) in [5, 5.41) is 3.24. The van der Waals surface area contributed by atoms with Crippen molar-refractivity contribution in [1.82, 2.24) is 9.97 Å². The smallest absolute Gasteiger partial charge is 0.340 e.